The third-order valence-corrected chi connectivity index (χ3v) is 6.21. The molecule has 1 aliphatic rings. The van der Waals surface area contributed by atoms with Gasteiger partial charge in [-0.05, 0) is 66.5 Å². The number of nitrogens with one attached hydrogen (secondary N) is 1. The number of hydrogen-bond donors (Lipinski definition) is 1. The molecule has 0 saturated heterocycles. The maximum Gasteiger partial charge on any atom is 0.264 e. The Labute approximate surface area is 176 Å². The van der Waals surface area contributed by atoms with Crippen molar-refractivity contribution in [3.63, 3.8) is 0 Å². The van der Waals surface area contributed by atoms with Gasteiger partial charge < -0.3 is 4.74 Å². The highest BCUT2D eigenvalue weighted by molar-refractivity contribution is 7.15. The number of carbonyl (C=O) groups excluding carboxylic acids is 1. The maximum absolute atomic E-state index is 12.2. The standard InChI is InChI=1S/C24H26N2O2S/c1-2-17-7-9-18(10-8-17)13-22-15-25-24(29-22)26-23(27)16-28-21-12-11-19-5-3-4-6-20(19)14-21/h7-12,14-15H,2-6,13,16H2,1H3,(H,25,26,27). The van der Waals surface area contributed by atoms with Crippen LogP contribution in [0.3, 0.4) is 0 Å². The van der Waals surface area contributed by atoms with Crippen molar-refractivity contribution in [2.75, 3.05) is 11.9 Å². The lowest BCUT2D eigenvalue weighted by atomic mass is 9.92. The molecule has 0 atom stereocenters. The molecule has 0 unspecified atom stereocenters. The van der Waals surface area contributed by atoms with Gasteiger partial charge in [-0.2, -0.15) is 0 Å². The Bertz CT molecular complexity index is 979. The molecule has 1 aliphatic carbocycles. The molecule has 1 amide bonds. The predicted octanol–water partition coefficient (Wildman–Crippen LogP) is 5.19. The number of rotatable bonds is 7. The number of benzene rings is 2. The lowest BCUT2D eigenvalue weighted by Crippen LogP contribution is -2.20. The molecule has 3 aromatic rings. The average Bonchev–Trinajstić information content (AvgIpc) is 3.19. The zero-order chi connectivity index (χ0) is 20.1. The van der Waals surface area contributed by atoms with Crippen LogP contribution in [0.4, 0.5) is 5.13 Å². The summed E-state index contributed by atoms with van der Waals surface area (Å²) in [5, 5.41) is 3.46. The van der Waals surface area contributed by atoms with E-state index in [0.717, 1.165) is 36.3 Å². The monoisotopic (exact) mass is 406 g/mol. The summed E-state index contributed by atoms with van der Waals surface area (Å²) in [6, 6.07) is 14.8. The number of amides is 1. The number of hydrogen-bond acceptors (Lipinski definition) is 4. The summed E-state index contributed by atoms with van der Waals surface area (Å²) in [7, 11) is 0. The normalized spacial score (nSPS) is 13.0. The molecule has 0 bridgehead atoms. The minimum absolute atomic E-state index is 0.00776. The predicted molar refractivity (Wildman–Crippen MR) is 118 cm³/mol. The van der Waals surface area contributed by atoms with Crippen molar-refractivity contribution in [2.24, 2.45) is 0 Å². The molecule has 0 radical (unpaired) electrons. The van der Waals surface area contributed by atoms with Crippen molar-refractivity contribution in [3.8, 4) is 5.75 Å². The Morgan fingerprint density at radius 3 is 2.62 bits per heavy atom. The van der Waals surface area contributed by atoms with Gasteiger partial charge >= 0.3 is 0 Å². The van der Waals surface area contributed by atoms with Crippen molar-refractivity contribution in [3.05, 3.63) is 75.8 Å². The average molecular weight is 407 g/mol. The summed E-state index contributed by atoms with van der Waals surface area (Å²) in [6.45, 7) is 2.15. The molecule has 1 N–H and O–H groups in total. The third kappa shape index (κ3) is 5.24. The summed E-state index contributed by atoms with van der Waals surface area (Å²) in [6.07, 6.45) is 8.43. The Morgan fingerprint density at radius 1 is 1.07 bits per heavy atom. The number of aromatic nitrogens is 1. The number of nitrogens with zero attached hydrogens (tertiary/aromatic N) is 1. The molecule has 4 rings (SSSR count). The first kappa shape index (κ1) is 19.6. The number of anilines is 1. The van der Waals surface area contributed by atoms with Crippen LogP contribution in [-0.4, -0.2) is 17.5 Å². The molecule has 1 heterocycles. The molecule has 2 aromatic carbocycles. The second kappa shape index (κ2) is 9.23. The summed E-state index contributed by atoms with van der Waals surface area (Å²) >= 11 is 1.51. The molecule has 5 heteroatoms. The van der Waals surface area contributed by atoms with Crippen molar-refractivity contribution < 1.29 is 9.53 Å². The van der Waals surface area contributed by atoms with Crippen LogP contribution in [0.2, 0.25) is 0 Å². The van der Waals surface area contributed by atoms with Gasteiger partial charge in [0.1, 0.15) is 5.75 Å². The Kier molecular flexibility index (Phi) is 6.25. The van der Waals surface area contributed by atoms with Crippen LogP contribution in [0.25, 0.3) is 0 Å². The second-order valence-corrected chi connectivity index (χ2v) is 8.57. The highest BCUT2D eigenvalue weighted by Gasteiger charge is 2.12. The van der Waals surface area contributed by atoms with Crippen LogP contribution in [-0.2, 0) is 30.5 Å². The highest BCUT2D eigenvalue weighted by atomic mass is 32.1. The molecule has 0 saturated carbocycles. The zero-order valence-corrected chi connectivity index (χ0v) is 17.6. The molecular weight excluding hydrogens is 380 g/mol. The zero-order valence-electron chi connectivity index (χ0n) is 16.7. The number of ether oxygens (including phenoxy) is 1. The smallest absolute Gasteiger partial charge is 0.264 e. The summed E-state index contributed by atoms with van der Waals surface area (Å²) < 4.78 is 5.70. The Morgan fingerprint density at radius 2 is 1.83 bits per heavy atom. The molecule has 29 heavy (non-hydrogen) atoms. The number of aryl methyl sites for hydroxylation is 3. The van der Waals surface area contributed by atoms with Crippen LogP contribution in [0.1, 0.15) is 46.9 Å². The van der Waals surface area contributed by atoms with Gasteiger partial charge in [-0.3, -0.25) is 10.1 Å². The first-order valence-electron chi connectivity index (χ1n) is 10.3. The third-order valence-electron chi connectivity index (χ3n) is 5.30. The fourth-order valence-electron chi connectivity index (χ4n) is 3.64. The van der Waals surface area contributed by atoms with Gasteiger partial charge in [0, 0.05) is 17.5 Å². The maximum atomic E-state index is 12.2. The molecule has 0 fully saturated rings. The van der Waals surface area contributed by atoms with E-state index in [1.54, 1.807) is 0 Å². The van der Waals surface area contributed by atoms with Gasteiger partial charge in [-0.15, -0.1) is 11.3 Å². The molecule has 1 aromatic heterocycles. The number of carbonyl (C=O) groups is 1. The van der Waals surface area contributed by atoms with E-state index in [4.69, 9.17) is 4.74 Å². The highest BCUT2D eigenvalue weighted by Crippen LogP contribution is 2.25. The minimum atomic E-state index is -0.184. The van der Waals surface area contributed by atoms with Crippen molar-refractivity contribution in [2.45, 2.75) is 45.4 Å². The van der Waals surface area contributed by atoms with Crippen LogP contribution < -0.4 is 10.1 Å². The lowest BCUT2D eigenvalue weighted by Gasteiger charge is -2.16. The number of thiazole rings is 1. The van der Waals surface area contributed by atoms with E-state index < -0.39 is 0 Å². The topological polar surface area (TPSA) is 51.2 Å². The fourth-order valence-corrected chi connectivity index (χ4v) is 4.51. The minimum Gasteiger partial charge on any atom is -0.484 e. The summed E-state index contributed by atoms with van der Waals surface area (Å²) in [4.78, 5) is 17.7. The first-order chi connectivity index (χ1) is 14.2. The van der Waals surface area contributed by atoms with E-state index >= 15 is 0 Å². The SMILES string of the molecule is CCc1ccc(Cc2cnc(NC(=O)COc3ccc4c(c3)CCCC4)s2)cc1. The summed E-state index contributed by atoms with van der Waals surface area (Å²) in [5.41, 5.74) is 5.35. The molecule has 0 spiro atoms. The van der Waals surface area contributed by atoms with Crippen LogP contribution >= 0.6 is 11.3 Å². The van der Waals surface area contributed by atoms with Gasteiger partial charge in [0.05, 0.1) is 0 Å². The van der Waals surface area contributed by atoms with Crippen LogP contribution in [0.15, 0.2) is 48.7 Å². The van der Waals surface area contributed by atoms with Crippen molar-refractivity contribution >= 4 is 22.4 Å². The Balaban J connectivity index is 1.28. The van der Waals surface area contributed by atoms with E-state index in [-0.39, 0.29) is 12.5 Å². The van der Waals surface area contributed by atoms with Gasteiger partial charge in [0.25, 0.3) is 5.91 Å². The molecular formula is C24H26N2O2S. The van der Waals surface area contributed by atoms with Gasteiger partial charge in [0.2, 0.25) is 0 Å². The van der Waals surface area contributed by atoms with E-state index in [2.05, 4.69) is 53.6 Å². The molecule has 150 valence electrons. The van der Waals surface area contributed by atoms with Gasteiger partial charge in [-0.1, -0.05) is 37.3 Å². The largest absolute Gasteiger partial charge is 0.484 e. The van der Waals surface area contributed by atoms with E-state index in [1.807, 2.05) is 12.3 Å². The second-order valence-electron chi connectivity index (χ2n) is 7.45. The fraction of sp³-hybridized carbons (Fsp3) is 0.333. The van der Waals surface area contributed by atoms with Crippen LogP contribution in [0.5, 0.6) is 5.75 Å². The van der Waals surface area contributed by atoms with Crippen LogP contribution in [0, 0.1) is 0 Å². The van der Waals surface area contributed by atoms with E-state index in [9.17, 15) is 4.79 Å². The van der Waals surface area contributed by atoms with E-state index in [0.29, 0.717) is 5.13 Å². The lowest BCUT2D eigenvalue weighted by molar-refractivity contribution is -0.118. The summed E-state index contributed by atoms with van der Waals surface area (Å²) in [5.74, 6) is 0.576. The first-order valence-corrected chi connectivity index (χ1v) is 11.1. The molecule has 0 aliphatic heterocycles. The van der Waals surface area contributed by atoms with Crippen molar-refractivity contribution in [1.82, 2.24) is 4.98 Å². The quantitative estimate of drug-likeness (QED) is 0.587. The van der Waals surface area contributed by atoms with Gasteiger partial charge in [0.15, 0.2) is 11.7 Å². The van der Waals surface area contributed by atoms with Gasteiger partial charge in [-0.25, -0.2) is 4.98 Å². The Hall–Kier alpha value is -2.66. The van der Waals surface area contributed by atoms with E-state index in [1.165, 1.54) is 46.4 Å². The number of fused-ring (bicyclic) bond motifs is 1. The van der Waals surface area contributed by atoms with Crippen molar-refractivity contribution in [1.29, 1.82) is 0 Å². The molecule has 4 nitrogen and oxygen atoms in total.